The first-order valence-corrected chi connectivity index (χ1v) is 11.4. The zero-order valence-corrected chi connectivity index (χ0v) is 19.4. The Morgan fingerprint density at radius 2 is 1.88 bits per heavy atom. The molecule has 0 radical (unpaired) electrons. The molecule has 0 aliphatic carbocycles. The first kappa shape index (κ1) is 22.6. The average Bonchev–Trinajstić information content (AvgIpc) is 3.02. The normalized spacial score (nSPS) is 15.0. The van der Waals surface area contributed by atoms with Crippen molar-refractivity contribution in [2.24, 2.45) is 0 Å². The Morgan fingerprint density at radius 1 is 1.09 bits per heavy atom. The van der Waals surface area contributed by atoms with Crippen LogP contribution >= 0.6 is 11.8 Å². The van der Waals surface area contributed by atoms with Crippen molar-refractivity contribution in [3.63, 3.8) is 0 Å². The number of anilines is 1. The molecule has 0 unspecified atom stereocenters. The fourth-order valence-electron chi connectivity index (χ4n) is 3.62. The molecule has 1 fully saturated rings. The van der Waals surface area contributed by atoms with E-state index >= 15 is 0 Å². The number of hydrogen-bond acceptors (Lipinski definition) is 5. The first-order valence-electron chi connectivity index (χ1n) is 10.6. The van der Waals surface area contributed by atoms with Crippen LogP contribution in [0.5, 0.6) is 5.75 Å². The number of benzene rings is 3. The van der Waals surface area contributed by atoms with Crippen LogP contribution in [0, 0.1) is 6.92 Å². The van der Waals surface area contributed by atoms with Crippen LogP contribution in [-0.2, 0) is 9.59 Å². The third kappa shape index (κ3) is 5.09. The summed E-state index contributed by atoms with van der Waals surface area (Å²) >= 11 is 0.826. The highest BCUT2D eigenvalue weighted by Gasteiger charge is 2.36. The third-order valence-electron chi connectivity index (χ3n) is 5.05. The predicted molar refractivity (Wildman–Crippen MR) is 132 cm³/mol. The molecular weight excluding hydrogens is 436 g/mol. The number of hydrogen-bond donors (Lipinski definition) is 1. The van der Waals surface area contributed by atoms with E-state index in [2.05, 4.69) is 5.32 Å². The van der Waals surface area contributed by atoms with Gasteiger partial charge in [-0.05, 0) is 73.1 Å². The number of thioether (sulfide) groups is 1. The molecule has 1 aliphatic heterocycles. The number of nitrogens with one attached hydrogen (secondary N) is 1. The monoisotopic (exact) mass is 460 g/mol. The molecule has 1 heterocycles. The molecule has 3 aromatic carbocycles. The van der Waals surface area contributed by atoms with E-state index in [4.69, 9.17) is 4.74 Å². The molecule has 3 aromatic rings. The van der Waals surface area contributed by atoms with Crippen LogP contribution in [0.2, 0.25) is 0 Å². The molecule has 168 valence electrons. The van der Waals surface area contributed by atoms with Gasteiger partial charge in [-0.2, -0.15) is 0 Å². The summed E-state index contributed by atoms with van der Waals surface area (Å²) in [4.78, 5) is 39.3. The second-order valence-electron chi connectivity index (χ2n) is 8.05. The second kappa shape index (κ2) is 9.50. The lowest BCUT2D eigenvalue weighted by Crippen LogP contribution is -2.36. The summed E-state index contributed by atoms with van der Waals surface area (Å²) in [6.45, 7) is 5.43. The summed E-state index contributed by atoms with van der Waals surface area (Å²) in [6.07, 6.45) is 1.63. The highest BCUT2D eigenvalue weighted by molar-refractivity contribution is 8.18. The van der Waals surface area contributed by atoms with Crippen molar-refractivity contribution in [2.45, 2.75) is 26.9 Å². The SMILES string of the molecule is Cc1cccc(NC(=O)CN2C(=O)S/C(=C/c3c(OC(C)C)ccc4ccccc34)C2=O)c1. The van der Waals surface area contributed by atoms with E-state index in [9.17, 15) is 14.4 Å². The lowest BCUT2D eigenvalue weighted by Gasteiger charge is -2.15. The number of fused-ring (bicyclic) bond motifs is 1. The third-order valence-corrected chi connectivity index (χ3v) is 5.95. The van der Waals surface area contributed by atoms with Gasteiger partial charge in [0.05, 0.1) is 11.0 Å². The van der Waals surface area contributed by atoms with E-state index in [1.807, 2.05) is 75.4 Å². The van der Waals surface area contributed by atoms with Gasteiger partial charge in [0, 0.05) is 11.3 Å². The summed E-state index contributed by atoms with van der Waals surface area (Å²) in [6, 6.07) is 18.9. The fourth-order valence-corrected chi connectivity index (χ4v) is 4.44. The molecule has 0 saturated carbocycles. The highest BCUT2D eigenvalue weighted by Crippen LogP contribution is 2.37. The van der Waals surface area contributed by atoms with Crippen LogP contribution in [0.25, 0.3) is 16.8 Å². The molecule has 4 rings (SSSR count). The number of aryl methyl sites for hydroxylation is 1. The lowest BCUT2D eigenvalue weighted by molar-refractivity contribution is -0.127. The van der Waals surface area contributed by atoms with E-state index in [0.717, 1.165) is 38.6 Å². The van der Waals surface area contributed by atoms with Gasteiger partial charge in [0.25, 0.3) is 11.1 Å². The van der Waals surface area contributed by atoms with Gasteiger partial charge in [-0.1, -0.05) is 42.5 Å². The van der Waals surface area contributed by atoms with Crippen LogP contribution in [0.3, 0.4) is 0 Å². The van der Waals surface area contributed by atoms with Gasteiger partial charge in [-0.15, -0.1) is 0 Å². The van der Waals surface area contributed by atoms with Crippen LogP contribution in [0.15, 0.2) is 65.6 Å². The Labute approximate surface area is 196 Å². The Hall–Kier alpha value is -3.58. The Bertz CT molecular complexity index is 1280. The molecular formula is C26H24N2O4S. The molecule has 7 heteroatoms. The molecule has 1 aliphatic rings. The van der Waals surface area contributed by atoms with Gasteiger partial charge in [0.2, 0.25) is 5.91 Å². The maximum Gasteiger partial charge on any atom is 0.294 e. The number of rotatable bonds is 6. The second-order valence-corrected chi connectivity index (χ2v) is 9.04. The molecule has 1 saturated heterocycles. The van der Waals surface area contributed by atoms with Crippen LogP contribution < -0.4 is 10.1 Å². The van der Waals surface area contributed by atoms with E-state index in [1.165, 1.54) is 0 Å². The smallest absolute Gasteiger partial charge is 0.294 e. The van der Waals surface area contributed by atoms with E-state index in [0.29, 0.717) is 11.4 Å². The van der Waals surface area contributed by atoms with Gasteiger partial charge in [-0.3, -0.25) is 19.3 Å². The topological polar surface area (TPSA) is 75.7 Å². The molecule has 0 bridgehead atoms. The Kier molecular flexibility index (Phi) is 6.51. The summed E-state index contributed by atoms with van der Waals surface area (Å²) in [5, 5.41) is 4.17. The minimum Gasteiger partial charge on any atom is -0.490 e. The summed E-state index contributed by atoms with van der Waals surface area (Å²) in [5.41, 5.74) is 2.35. The summed E-state index contributed by atoms with van der Waals surface area (Å²) in [5.74, 6) is -0.293. The van der Waals surface area contributed by atoms with Crippen LogP contribution in [0.4, 0.5) is 10.5 Å². The molecule has 1 N–H and O–H groups in total. The van der Waals surface area contributed by atoms with Crippen molar-refractivity contribution < 1.29 is 19.1 Å². The number of imide groups is 1. The number of amides is 3. The fraction of sp³-hybridized carbons (Fsp3) is 0.192. The van der Waals surface area contributed by atoms with Gasteiger partial charge in [0.1, 0.15) is 12.3 Å². The molecule has 0 spiro atoms. The summed E-state index contributed by atoms with van der Waals surface area (Å²) < 4.78 is 5.97. The first-order chi connectivity index (χ1) is 15.8. The van der Waals surface area contributed by atoms with Gasteiger partial charge in [0.15, 0.2) is 0 Å². The van der Waals surface area contributed by atoms with Crippen LogP contribution in [-0.4, -0.2) is 34.6 Å². The molecule has 3 amide bonds. The van der Waals surface area contributed by atoms with E-state index in [-0.39, 0.29) is 17.6 Å². The van der Waals surface area contributed by atoms with Gasteiger partial charge >= 0.3 is 0 Å². The summed E-state index contributed by atoms with van der Waals surface area (Å²) in [7, 11) is 0. The standard InChI is InChI=1S/C26H24N2O4S/c1-16(2)32-22-12-11-18-8-4-5-10-20(18)21(22)14-23-25(30)28(26(31)33-23)15-24(29)27-19-9-6-7-17(3)13-19/h4-14,16H,15H2,1-3H3,(H,27,29)/b23-14+. The van der Waals surface area contributed by atoms with Crippen molar-refractivity contribution in [1.29, 1.82) is 0 Å². The maximum atomic E-state index is 13.0. The maximum absolute atomic E-state index is 13.0. The Balaban J connectivity index is 1.60. The zero-order chi connectivity index (χ0) is 23.5. The molecule has 0 atom stereocenters. The quantitative estimate of drug-likeness (QED) is 0.484. The highest BCUT2D eigenvalue weighted by atomic mass is 32.2. The number of ether oxygens (including phenoxy) is 1. The molecule has 6 nitrogen and oxygen atoms in total. The molecule has 33 heavy (non-hydrogen) atoms. The van der Waals surface area contributed by atoms with Crippen molar-refractivity contribution >= 4 is 51.4 Å². The minimum absolute atomic E-state index is 0.0568. The van der Waals surface area contributed by atoms with E-state index in [1.54, 1.807) is 12.1 Å². The van der Waals surface area contributed by atoms with Gasteiger partial charge in [-0.25, -0.2) is 0 Å². The van der Waals surface area contributed by atoms with Crippen molar-refractivity contribution in [2.75, 3.05) is 11.9 Å². The van der Waals surface area contributed by atoms with E-state index < -0.39 is 17.1 Å². The van der Waals surface area contributed by atoms with Gasteiger partial charge < -0.3 is 10.1 Å². The Morgan fingerprint density at radius 3 is 2.64 bits per heavy atom. The number of carbonyl (C=O) groups is 3. The molecule has 0 aromatic heterocycles. The van der Waals surface area contributed by atoms with Crippen molar-refractivity contribution in [3.8, 4) is 5.75 Å². The number of carbonyl (C=O) groups excluding carboxylic acids is 3. The minimum atomic E-state index is -0.493. The van der Waals surface area contributed by atoms with Crippen molar-refractivity contribution in [3.05, 3.63) is 76.7 Å². The number of nitrogens with zero attached hydrogens (tertiary/aromatic N) is 1. The lowest BCUT2D eigenvalue weighted by atomic mass is 10.0. The van der Waals surface area contributed by atoms with Crippen molar-refractivity contribution in [1.82, 2.24) is 4.90 Å². The predicted octanol–water partition coefficient (Wildman–Crippen LogP) is 5.61. The van der Waals surface area contributed by atoms with Crippen LogP contribution in [0.1, 0.15) is 25.0 Å². The average molecular weight is 461 g/mol. The largest absolute Gasteiger partial charge is 0.490 e. The zero-order valence-electron chi connectivity index (χ0n) is 18.6.